The number of pyridine rings is 2. The standard InChI is InChI=1S/C27H30ClN5O2/c1-6-17(2)27(34)32(4)15-19-13-29-14-23(28)22(19)16-35-25-9-7-8-20-21(12-18(3)31-26(20)25)24-10-11-30-33(24)5/h7-14,17H,6,15-16H2,1-5H3/t17-/m0/s1. The number of fused-ring (bicyclic) bond motifs is 1. The number of halogens is 1. The van der Waals surface area contributed by atoms with Gasteiger partial charge >= 0.3 is 0 Å². The summed E-state index contributed by atoms with van der Waals surface area (Å²) in [5.41, 5.74) is 5.38. The number of benzene rings is 1. The van der Waals surface area contributed by atoms with E-state index in [0.717, 1.165) is 45.4 Å². The van der Waals surface area contributed by atoms with E-state index in [4.69, 9.17) is 21.3 Å². The third-order valence-corrected chi connectivity index (χ3v) is 6.64. The summed E-state index contributed by atoms with van der Waals surface area (Å²) in [6, 6.07) is 9.96. The van der Waals surface area contributed by atoms with Crippen LogP contribution in [0.4, 0.5) is 0 Å². The first kappa shape index (κ1) is 24.7. The van der Waals surface area contributed by atoms with Crippen LogP contribution in [0.15, 0.2) is 48.9 Å². The van der Waals surface area contributed by atoms with E-state index < -0.39 is 0 Å². The van der Waals surface area contributed by atoms with Crippen LogP contribution >= 0.6 is 11.6 Å². The SMILES string of the molecule is CC[C@H](C)C(=O)N(C)Cc1cncc(Cl)c1COc1cccc2c(-c3ccnn3C)cc(C)nc12. The van der Waals surface area contributed by atoms with Crippen LogP contribution in [-0.2, 0) is 25.0 Å². The molecule has 0 unspecified atom stereocenters. The number of ether oxygens (including phenoxy) is 1. The van der Waals surface area contributed by atoms with Crippen molar-refractivity contribution < 1.29 is 9.53 Å². The van der Waals surface area contributed by atoms with Crippen LogP contribution in [0.1, 0.15) is 37.1 Å². The number of nitrogens with zero attached hydrogens (tertiary/aromatic N) is 5. The normalized spacial score (nSPS) is 12.1. The number of carbonyl (C=O) groups excluding carboxylic acids is 1. The van der Waals surface area contributed by atoms with Gasteiger partial charge in [0.1, 0.15) is 17.9 Å². The molecule has 4 rings (SSSR count). The van der Waals surface area contributed by atoms with Gasteiger partial charge in [-0.25, -0.2) is 4.98 Å². The predicted octanol–water partition coefficient (Wildman–Crippen LogP) is 5.58. The van der Waals surface area contributed by atoms with Crippen LogP contribution in [0, 0.1) is 12.8 Å². The minimum atomic E-state index is -0.0366. The highest BCUT2D eigenvalue weighted by Crippen LogP contribution is 2.34. The van der Waals surface area contributed by atoms with Crippen LogP contribution in [0.3, 0.4) is 0 Å². The fourth-order valence-electron chi connectivity index (χ4n) is 4.15. The van der Waals surface area contributed by atoms with E-state index >= 15 is 0 Å². The predicted molar refractivity (Wildman–Crippen MR) is 138 cm³/mol. The van der Waals surface area contributed by atoms with Crippen LogP contribution in [0.2, 0.25) is 5.02 Å². The Kier molecular flexibility index (Phi) is 7.36. The molecule has 0 saturated carbocycles. The van der Waals surface area contributed by atoms with Gasteiger partial charge in [-0.2, -0.15) is 5.10 Å². The fraction of sp³-hybridized carbons (Fsp3) is 0.333. The summed E-state index contributed by atoms with van der Waals surface area (Å²) >= 11 is 6.53. The van der Waals surface area contributed by atoms with E-state index in [1.165, 1.54) is 0 Å². The van der Waals surface area contributed by atoms with Crippen molar-refractivity contribution in [2.24, 2.45) is 13.0 Å². The van der Waals surface area contributed by atoms with Crippen molar-refractivity contribution in [2.75, 3.05) is 7.05 Å². The average molecular weight is 492 g/mol. The Balaban J connectivity index is 1.65. The number of aromatic nitrogens is 4. The second-order valence-electron chi connectivity index (χ2n) is 8.85. The van der Waals surface area contributed by atoms with Gasteiger partial charge in [-0.3, -0.25) is 14.5 Å². The first-order valence-corrected chi connectivity index (χ1v) is 12.1. The van der Waals surface area contributed by atoms with Crippen molar-refractivity contribution in [3.63, 3.8) is 0 Å². The Morgan fingerprint density at radius 1 is 1.26 bits per heavy atom. The van der Waals surface area contributed by atoms with Crippen LogP contribution < -0.4 is 4.74 Å². The molecular weight excluding hydrogens is 462 g/mol. The molecule has 1 amide bonds. The number of aryl methyl sites for hydroxylation is 2. The van der Waals surface area contributed by atoms with Gasteiger partial charge in [-0.15, -0.1) is 0 Å². The molecule has 0 aliphatic carbocycles. The highest BCUT2D eigenvalue weighted by Gasteiger charge is 2.19. The molecule has 1 atom stereocenters. The highest BCUT2D eigenvalue weighted by molar-refractivity contribution is 6.31. The highest BCUT2D eigenvalue weighted by atomic mass is 35.5. The van der Waals surface area contributed by atoms with Gasteiger partial charge in [-0.05, 0) is 37.1 Å². The molecule has 3 heterocycles. The number of hydrogen-bond donors (Lipinski definition) is 0. The summed E-state index contributed by atoms with van der Waals surface area (Å²) in [5.74, 6) is 0.721. The second-order valence-corrected chi connectivity index (χ2v) is 9.26. The molecule has 0 radical (unpaired) electrons. The van der Waals surface area contributed by atoms with E-state index in [9.17, 15) is 4.79 Å². The molecule has 35 heavy (non-hydrogen) atoms. The van der Waals surface area contributed by atoms with E-state index in [1.807, 2.05) is 56.8 Å². The van der Waals surface area contributed by atoms with Crippen molar-refractivity contribution in [1.82, 2.24) is 24.6 Å². The molecule has 0 bridgehead atoms. The fourth-order valence-corrected chi connectivity index (χ4v) is 4.38. The smallest absolute Gasteiger partial charge is 0.225 e. The van der Waals surface area contributed by atoms with E-state index in [1.54, 1.807) is 30.5 Å². The number of hydrogen-bond acceptors (Lipinski definition) is 5. The lowest BCUT2D eigenvalue weighted by Crippen LogP contribution is -2.31. The molecular formula is C27H30ClN5O2. The summed E-state index contributed by atoms with van der Waals surface area (Å²) in [6.45, 7) is 6.56. The molecule has 0 fully saturated rings. The van der Waals surface area contributed by atoms with E-state index in [-0.39, 0.29) is 18.4 Å². The monoisotopic (exact) mass is 491 g/mol. The van der Waals surface area contributed by atoms with Crippen LogP contribution in [-0.4, -0.2) is 37.6 Å². The van der Waals surface area contributed by atoms with E-state index in [2.05, 4.69) is 16.1 Å². The zero-order chi connectivity index (χ0) is 25.1. The Hall–Kier alpha value is -3.45. The lowest BCUT2D eigenvalue weighted by Gasteiger charge is -2.22. The third-order valence-electron chi connectivity index (χ3n) is 6.31. The van der Waals surface area contributed by atoms with Gasteiger partial charge in [0.2, 0.25) is 5.91 Å². The van der Waals surface area contributed by atoms with Crippen LogP contribution in [0.25, 0.3) is 22.2 Å². The maximum absolute atomic E-state index is 12.6. The van der Waals surface area contributed by atoms with Crippen molar-refractivity contribution in [3.8, 4) is 17.0 Å². The summed E-state index contributed by atoms with van der Waals surface area (Å²) in [4.78, 5) is 23.4. The molecule has 182 valence electrons. The van der Waals surface area contributed by atoms with Gasteiger partial charge in [-0.1, -0.05) is 37.6 Å². The zero-order valence-electron chi connectivity index (χ0n) is 20.7. The van der Waals surface area contributed by atoms with Gasteiger partial charge in [0.15, 0.2) is 0 Å². The molecule has 7 nitrogen and oxygen atoms in total. The lowest BCUT2D eigenvalue weighted by molar-refractivity contribution is -0.134. The van der Waals surface area contributed by atoms with Crippen LogP contribution in [0.5, 0.6) is 5.75 Å². The minimum Gasteiger partial charge on any atom is -0.487 e. The molecule has 4 aromatic rings. The number of para-hydroxylation sites is 1. The van der Waals surface area contributed by atoms with Crippen molar-refractivity contribution >= 4 is 28.4 Å². The maximum Gasteiger partial charge on any atom is 0.225 e. The summed E-state index contributed by atoms with van der Waals surface area (Å²) in [7, 11) is 3.73. The zero-order valence-corrected chi connectivity index (χ0v) is 21.5. The number of amides is 1. The summed E-state index contributed by atoms with van der Waals surface area (Å²) < 4.78 is 8.14. The first-order chi connectivity index (χ1) is 16.8. The Labute approximate surface area is 210 Å². The third kappa shape index (κ3) is 5.15. The quantitative estimate of drug-likeness (QED) is 0.322. The largest absolute Gasteiger partial charge is 0.487 e. The molecule has 1 aromatic carbocycles. The Morgan fingerprint density at radius 2 is 2.06 bits per heavy atom. The molecule has 0 N–H and O–H groups in total. The molecule has 0 spiro atoms. The Morgan fingerprint density at radius 3 is 2.77 bits per heavy atom. The van der Waals surface area contributed by atoms with Crippen molar-refractivity contribution in [3.05, 3.63) is 70.8 Å². The van der Waals surface area contributed by atoms with Crippen molar-refractivity contribution in [2.45, 2.75) is 40.3 Å². The lowest BCUT2D eigenvalue weighted by atomic mass is 10.0. The topological polar surface area (TPSA) is 73.1 Å². The first-order valence-electron chi connectivity index (χ1n) is 11.7. The molecule has 0 saturated heterocycles. The average Bonchev–Trinajstić information content (AvgIpc) is 3.27. The number of rotatable bonds is 8. The van der Waals surface area contributed by atoms with Gasteiger partial charge in [0.05, 0.1) is 10.7 Å². The Bertz CT molecular complexity index is 1370. The number of carbonyl (C=O) groups is 1. The second kappa shape index (κ2) is 10.4. The minimum absolute atomic E-state index is 0.0366. The van der Waals surface area contributed by atoms with E-state index in [0.29, 0.717) is 17.3 Å². The molecule has 0 aliphatic rings. The van der Waals surface area contributed by atoms with Crippen molar-refractivity contribution in [1.29, 1.82) is 0 Å². The molecule has 0 aliphatic heterocycles. The summed E-state index contributed by atoms with van der Waals surface area (Å²) in [5, 5.41) is 5.81. The van der Waals surface area contributed by atoms with Gasteiger partial charge < -0.3 is 9.64 Å². The van der Waals surface area contributed by atoms with Gasteiger partial charge in [0.25, 0.3) is 0 Å². The molecule has 8 heteroatoms. The summed E-state index contributed by atoms with van der Waals surface area (Å²) in [6.07, 6.45) is 5.93. The van der Waals surface area contributed by atoms with Gasteiger partial charge in [0, 0.05) is 67.4 Å². The maximum atomic E-state index is 12.6. The molecule has 3 aromatic heterocycles.